The number of rotatable bonds is 5. The second-order valence-electron chi connectivity index (χ2n) is 3.77. The molecule has 4 nitrogen and oxygen atoms in total. The summed E-state index contributed by atoms with van der Waals surface area (Å²) in [4.78, 5) is -0.698. The molecule has 1 aromatic carbocycles. The predicted molar refractivity (Wildman–Crippen MR) is 58.4 cm³/mol. The number of hydrogen-bond acceptors (Lipinski definition) is 3. The second-order valence-corrected chi connectivity index (χ2v) is 5.51. The Labute approximate surface area is 102 Å². The Hall–Kier alpha value is -1.12. The molecule has 102 valence electrons. The maximum absolute atomic E-state index is 13.3. The fraction of sp³-hybridized carbons (Fsp3) is 0.400. The molecule has 0 aliphatic carbocycles. The molecule has 0 aliphatic rings. The van der Waals surface area contributed by atoms with Crippen molar-refractivity contribution in [2.24, 2.45) is 0 Å². The zero-order valence-electron chi connectivity index (χ0n) is 9.45. The first-order valence-corrected chi connectivity index (χ1v) is 6.41. The lowest BCUT2D eigenvalue weighted by molar-refractivity contribution is -0.0437. The minimum Gasteiger partial charge on any atom is -0.390 e. The van der Waals surface area contributed by atoms with Gasteiger partial charge in [0.05, 0.1) is 6.54 Å². The number of alkyl halides is 2. The monoisotopic (exact) mass is 283 g/mol. The molecule has 0 heterocycles. The van der Waals surface area contributed by atoms with Gasteiger partial charge < -0.3 is 5.11 Å². The lowest BCUT2D eigenvalue weighted by atomic mass is 10.2. The van der Waals surface area contributed by atoms with Crippen LogP contribution in [0.2, 0.25) is 0 Å². The normalized spacial score (nSPS) is 12.7. The second kappa shape index (κ2) is 5.25. The molecular formula is C10H12F3NO3S. The SMILES string of the molecule is Cc1ccc(F)c(S(=O)(=O)NCC(F)(F)CO)c1. The van der Waals surface area contributed by atoms with Crippen LogP contribution in [-0.4, -0.2) is 32.6 Å². The highest BCUT2D eigenvalue weighted by Crippen LogP contribution is 2.17. The molecule has 0 fully saturated rings. The Balaban J connectivity index is 2.97. The van der Waals surface area contributed by atoms with Gasteiger partial charge in [0.15, 0.2) is 0 Å². The van der Waals surface area contributed by atoms with Gasteiger partial charge in [-0.3, -0.25) is 0 Å². The molecule has 0 atom stereocenters. The van der Waals surface area contributed by atoms with Crippen LogP contribution in [0.15, 0.2) is 23.1 Å². The van der Waals surface area contributed by atoms with Crippen molar-refractivity contribution < 1.29 is 26.7 Å². The van der Waals surface area contributed by atoms with Gasteiger partial charge in [-0.2, -0.15) is 0 Å². The van der Waals surface area contributed by atoms with Crippen LogP contribution in [0.25, 0.3) is 0 Å². The summed E-state index contributed by atoms with van der Waals surface area (Å²) >= 11 is 0. The number of benzene rings is 1. The summed E-state index contributed by atoms with van der Waals surface area (Å²) in [6.07, 6.45) is 0. The number of aliphatic hydroxyl groups is 1. The minimum absolute atomic E-state index is 0.477. The first-order valence-electron chi connectivity index (χ1n) is 4.92. The molecule has 0 aromatic heterocycles. The van der Waals surface area contributed by atoms with Crippen LogP contribution < -0.4 is 4.72 Å². The highest BCUT2D eigenvalue weighted by atomic mass is 32.2. The van der Waals surface area contributed by atoms with Gasteiger partial charge in [-0.05, 0) is 24.6 Å². The lowest BCUT2D eigenvalue weighted by Crippen LogP contribution is -2.39. The number of aryl methyl sites for hydroxylation is 1. The van der Waals surface area contributed by atoms with Crippen LogP contribution in [0.3, 0.4) is 0 Å². The Morgan fingerprint density at radius 2 is 2.00 bits per heavy atom. The van der Waals surface area contributed by atoms with Gasteiger partial charge in [-0.1, -0.05) is 6.07 Å². The van der Waals surface area contributed by atoms with Crippen molar-refractivity contribution in [3.8, 4) is 0 Å². The highest BCUT2D eigenvalue weighted by Gasteiger charge is 2.31. The average molecular weight is 283 g/mol. The zero-order chi connectivity index (χ0) is 14.0. The van der Waals surface area contributed by atoms with Gasteiger partial charge in [-0.25, -0.2) is 26.3 Å². The molecule has 18 heavy (non-hydrogen) atoms. The van der Waals surface area contributed by atoms with E-state index in [0.29, 0.717) is 5.56 Å². The van der Waals surface area contributed by atoms with E-state index in [1.165, 1.54) is 6.07 Å². The molecule has 1 aromatic rings. The number of aliphatic hydroxyl groups excluding tert-OH is 1. The molecule has 8 heteroatoms. The van der Waals surface area contributed by atoms with E-state index in [1.54, 1.807) is 11.6 Å². The lowest BCUT2D eigenvalue weighted by Gasteiger charge is -2.14. The van der Waals surface area contributed by atoms with Crippen molar-refractivity contribution in [2.75, 3.05) is 13.2 Å². The maximum atomic E-state index is 13.3. The summed E-state index contributed by atoms with van der Waals surface area (Å²) in [5.74, 6) is -4.62. The van der Waals surface area contributed by atoms with Gasteiger partial charge in [0.25, 0.3) is 5.92 Å². The van der Waals surface area contributed by atoms with Crippen LogP contribution in [0.5, 0.6) is 0 Å². The predicted octanol–water partition coefficient (Wildman–Crippen LogP) is 1.04. The summed E-state index contributed by atoms with van der Waals surface area (Å²) in [7, 11) is -4.37. The van der Waals surface area contributed by atoms with Crippen LogP contribution in [0, 0.1) is 12.7 Å². The van der Waals surface area contributed by atoms with Crippen LogP contribution in [0.4, 0.5) is 13.2 Å². The summed E-state index contributed by atoms with van der Waals surface area (Å²) in [5, 5.41) is 8.30. The molecule has 0 saturated heterocycles. The largest absolute Gasteiger partial charge is 0.390 e. The Morgan fingerprint density at radius 1 is 1.39 bits per heavy atom. The molecular weight excluding hydrogens is 271 g/mol. The highest BCUT2D eigenvalue weighted by molar-refractivity contribution is 7.89. The Morgan fingerprint density at radius 3 is 2.56 bits per heavy atom. The van der Waals surface area contributed by atoms with Crippen molar-refractivity contribution in [3.05, 3.63) is 29.6 Å². The Bertz CT molecular complexity index is 531. The topological polar surface area (TPSA) is 66.4 Å². The summed E-state index contributed by atoms with van der Waals surface area (Å²) in [5.41, 5.74) is 0.477. The molecule has 0 radical (unpaired) electrons. The molecule has 1 rings (SSSR count). The standard InChI is InChI=1S/C10H12F3NO3S/c1-7-2-3-8(11)9(4-7)18(16,17)14-5-10(12,13)6-15/h2-4,14-15H,5-6H2,1H3. The van der Waals surface area contributed by atoms with Crippen LogP contribution in [-0.2, 0) is 10.0 Å². The average Bonchev–Trinajstić information content (AvgIpc) is 2.30. The molecule has 0 spiro atoms. The quantitative estimate of drug-likeness (QED) is 0.848. The number of hydrogen-bond donors (Lipinski definition) is 2. The molecule has 0 saturated carbocycles. The van der Waals surface area contributed by atoms with Crippen molar-refractivity contribution >= 4 is 10.0 Å². The fourth-order valence-electron chi connectivity index (χ4n) is 1.15. The summed E-state index contributed by atoms with van der Waals surface area (Å²) in [6.45, 7) is -1.24. The molecule has 0 amide bonds. The third-order valence-corrected chi connectivity index (χ3v) is 3.54. The van der Waals surface area contributed by atoms with Gasteiger partial charge in [0.1, 0.15) is 17.3 Å². The van der Waals surface area contributed by atoms with Gasteiger partial charge in [0.2, 0.25) is 10.0 Å². The van der Waals surface area contributed by atoms with Crippen LogP contribution in [0.1, 0.15) is 5.56 Å². The van der Waals surface area contributed by atoms with Crippen molar-refractivity contribution in [1.29, 1.82) is 0 Å². The smallest absolute Gasteiger partial charge is 0.283 e. The van der Waals surface area contributed by atoms with E-state index in [1.807, 2.05) is 0 Å². The summed E-state index contributed by atoms with van der Waals surface area (Å²) < 4.78 is 63.5. The van der Waals surface area contributed by atoms with Gasteiger partial charge >= 0.3 is 0 Å². The van der Waals surface area contributed by atoms with E-state index >= 15 is 0 Å². The zero-order valence-corrected chi connectivity index (χ0v) is 10.3. The molecule has 0 unspecified atom stereocenters. The molecule has 0 aliphatic heterocycles. The number of sulfonamides is 1. The van der Waals surface area contributed by atoms with Crippen molar-refractivity contribution in [2.45, 2.75) is 17.7 Å². The fourth-order valence-corrected chi connectivity index (χ4v) is 2.37. The Kier molecular flexibility index (Phi) is 4.36. The third kappa shape index (κ3) is 3.69. The van der Waals surface area contributed by atoms with Crippen molar-refractivity contribution in [1.82, 2.24) is 4.72 Å². The maximum Gasteiger partial charge on any atom is 0.283 e. The van der Waals surface area contributed by atoms with Crippen LogP contribution >= 0.6 is 0 Å². The van der Waals surface area contributed by atoms with E-state index in [0.717, 1.165) is 12.1 Å². The van der Waals surface area contributed by atoms with E-state index in [2.05, 4.69) is 0 Å². The first kappa shape index (κ1) is 14.9. The van der Waals surface area contributed by atoms with Gasteiger partial charge in [0, 0.05) is 0 Å². The third-order valence-electron chi connectivity index (χ3n) is 2.13. The number of halogens is 3. The van der Waals surface area contributed by atoms with E-state index in [4.69, 9.17) is 5.11 Å². The molecule has 2 N–H and O–H groups in total. The number of nitrogens with one attached hydrogen (secondary N) is 1. The van der Waals surface area contributed by atoms with Gasteiger partial charge in [-0.15, -0.1) is 0 Å². The molecule has 0 bridgehead atoms. The van der Waals surface area contributed by atoms with E-state index in [-0.39, 0.29) is 0 Å². The van der Waals surface area contributed by atoms with E-state index in [9.17, 15) is 21.6 Å². The minimum atomic E-state index is -4.37. The van der Waals surface area contributed by atoms with Crippen molar-refractivity contribution in [3.63, 3.8) is 0 Å². The summed E-state index contributed by atoms with van der Waals surface area (Å²) in [6, 6.07) is 3.33. The van der Waals surface area contributed by atoms with E-state index < -0.39 is 39.8 Å². The first-order chi connectivity index (χ1) is 8.18.